The van der Waals surface area contributed by atoms with E-state index >= 15 is 0 Å². The highest BCUT2D eigenvalue weighted by atomic mass is 32.2. The van der Waals surface area contributed by atoms with Crippen molar-refractivity contribution in [3.63, 3.8) is 0 Å². The third-order valence-corrected chi connectivity index (χ3v) is 4.80. The summed E-state index contributed by atoms with van der Waals surface area (Å²) in [7, 11) is 0. The Morgan fingerprint density at radius 3 is 2.94 bits per heavy atom. The fourth-order valence-electron chi connectivity index (χ4n) is 2.43. The van der Waals surface area contributed by atoms with Gasteiger partial charge in [-0.1, -0.05) is 27.2 Å². The first kappa shape index (κ1) is 15.3. The van der Waals surface area contributed by atoms with Crippen molar-refractivity contribution in [2.45, 2.75) is 46.1 Å². The number of hydrogen-bond acceptors (Lipinski definition) is 3. The van der Waals surface area contributed by atoms with Gasteiger partial charge in [-0.15, -0.1) is 0 Å². The van der Waals surface area contributed by atoms with Crippen LogP contribution in [0.5, 0.6) is 0 Å². The third-order valence-electron chi connectivity index (χ3n) is 3.81. The van der Waals surface area contributed by atoms with Crippen LogP contribution < -0.4 is 5.32 Å². The van der Waals surface area contributed by atoms with Gasteiger partial charge in [0.1, 0.15) is 0 Å². The Morgan fingerprint density at radius 1 is 1.41 bits per heavy atom. The average Bonchev–Trinajstić information content (AvgIpc) is 2.59. The molecule has 0 aromatic carbocycles. The lowest BCUT2D eigenvalue weighted by molar-refractivity contribution is 0.239. The normalized spacial score (nSPS) is 24.5. The molecule has 0 spiro atoms. The third kappa shape index (κ3) is 6.12. The van der Waals surface area contributed by atoms with E-state index in [0.29, 0.717) is 6.04 Å². The van der Waals surface area contributed by atoms with Crippen molar-refractivity contribution in [2.75, 3.05) is 37.7 Å². The lowest BCUT2D eigenvalue weighted by Gasteiger charge is -2.28. The summed E-state index contributed by atoms with van der Waals surface area (Å²) >= 11 is 2.07. The molecule has 0 radical (unpaired) electrons. The van der Waals surface area contributed by atoms with Gasteiger partial charge in [0, 0.05) is 12.6 Å². The summed E-state index contributed by atoms with van der Waals surface area (Å²) < 4.78 is 0. The molecule has 1 N–H and O–H groups in total. The summed E-state index contributed by atoms with van der Waals surface area (Å²) in [5.74, 6) is 3.39. The van der Waals surface area contributed by atoms with Crippen molar-refractivity contribution in [3.8, 4) is 0 Å². The quantitative estimate of drug-likeness (QED) is 0.707. The molecule has 0 aliphatic carbocycles. The Labute approximate surface area is 112 Å². The molecule has 2 atom stereocenters. The maximum absolute atomic E-state index is 3.72. The van der Waals surface area contributed by atoms with E-state index in [9.17, 15) is 0 Å². The van der Waals surface area contributed by atoms with Gasteiger partial charge >= 0.3 is 0 Å². The zero-order chi connectivity index (χ0) is 12.5. The van der Waals surface area contributed by atoms with Crippen LogP contribution in [0, 0.1) is 5.92 Å². The summed E-state index contributed by atoms with van der Waals surface area (Å²) in [5.41, 5.74) is 0. The van der Waals surface area contributed by atoms with Crippen LogP contribution in [-0.2, 0) is 0 Å². The number of nitrogens with one attached hydrogen (secondary N) is 1. The summed E-state index contributed by atoms with van der Waals surface area (Å²) in [6, 6.07) is 0.710. The van der Waals surface area contributed by atoms with Crippen LogP contribution in [0.1, 0.15) is 40.0 Å². The lowest BCUT2D eigenvalue weighted by atomic mass is 9.99. The molecule has 3 heteroatoms. The molecule has 1 saturated heterocycles. The molecule has 1 fully saturated rings. The van der Waals surface area contributed by atoms with E-state index in [-0.39, 0.29) is 0 Å². The highest BCUT2D eigenvalue weighted by molar-refractivity contribution is 7.99. The fourth-order valence-corrected chi connectivity index (χ4v) is 3.05. The molecule has 102 valence electrons. The minimum atomic E-state index is 0.710. The Kier molecular flexibility index (Phi) is 8.33. The molecule has 0 amide bonds. The molecule has 1 rings (SSSR count). The summed E-state index contributed by atoms with van der Waals surface area (Å²) in [5, 5.41) is 3.72. The minimum absolute atomic E-state index is 0.710. The molecule has 0 aromatic rings. The SMILES string of the molecule is CCSCCCN1CCCNC(C(C)CC)C1. The largest absolute Gasteiger partial charge is 0.312 e. The van der Waals surface area contributed by atoms with Crippen molar-refractivity contribution in [2.24, 2.45) is 5.92 Å². The molecule has 1 aliphatic rings. The van der Waals surface area contributed by atoms with Gasteiger partial charge in [-0.05, 0) is 49.9 Å². The molecule has 1 aliphatic heterocycles. The smallest absolute Gasteiger partial charge is 0.0220 e. The first-order valence-corrected chi connectivity index (χ1v) is 8.46. The van der Waals surface area contributed by atoms with Crippen LogP contribution in [0.3, 0.4) is 0 Å². The van der Waals surface area contributed by atoms with E-state index in [1.165, 1.54) is 56.9 Å². The zero-order valence-electron chi connectivity index (χ0n) is 11.9. The molecule has 0 bridgehead atoms. The van der Waals surface area contributed by atoms with Crippen molar-refractivity contribution in [1.82, 2.24) is 10.2 Å². The minimum Gasteiger partial charge on any atom is -0.312 e. The van der Waals surface area contributed by atoms with E-state index in [1.807, 2.05) is 0 Å². The van der Waals surface area contributed by atoms with Gasteiger partial charge in [-0.25, -0.2) is 0 Å². The van der Waals surface area contributed by atoms with Gasteiger partial charge < -0.3 is 10.2 Å². The van der Waals surface area contributed by atoms with E-state index in [2.05, 4.69) is 42.7 Å². The zero-order valence-corrected chi connectivity index (χ0v) is 12.7. The van der Waals surface area contributed by atoms with Crippen molar-refractivity contribution in [1.29, 1.82) is 0 Å². The monoisotopic (exact) mass is 258 g/mol. The van der Waals surface area contributed by atoms with E-state index in [4.69, 9.17) is 0 Å². The summed E-state index contributed by atoms with van der Waals surface area (Å²) in [4.78, 5) is 2.67. The molecule has 17 heavy (non-hydrogen) atoms. The highest BCUT2D eigenvalue weighted by Gasteiger charge is 2.21. The number of rotatable bonds is 7. The van der Waals surface area contributed by atoms with Gasteiger partial charge in [-0.2, -0.15) is 11.8 Å². The van der Waals surface area contributed by atoms with Crippen molar-refractivity contribution >= 4 is 11.8 Å². The van der Waals surface area contributed by atoms with Crippen molar-refractivity contribution < 1.29 is 0 Å². The first-order valence-electron chi connectivity index (χ1n) is 7.31. The molecule has 1 heterocycles. The standard InChI is InChI=1S/C14H30N2S/c1-4-13(3)14-12-16(9-6-8-15-14)10-7-11-17-5-2/h13-15H,4-12H2,1-3H3. The van der Waals surface area contributed by atoms with Gasteiger partial charge in [0.05, 0.1) is 0 Å². The predicted octanol–water partition coefficient (Wildman–Crippen LogP) is 2.84. The molecule has 2 nitrogen and oxygen atoms in total. The maximum atomic E-state index is 3.72. The second-order valence-electron chi connectivity index (χ2n) is 5.15. The highest BCUT2D eigenvalue weighted by Crippen LogP contribution is 2.13. The van der Waals surface area contributed by atoms with Crippen molar-refractivity contribution in [3.05, 3.63) is 0 Å². The van der Waals surface area contributed by atoms with Crippen LogP contribution in [0.15, 0.2) is 0 Å². The molecule has 0 aromatic heterocycles. The van der Waals surface area contributed by atoms with Gasteiger partial charge in [-0.3, -0.25) is 0 Å². The summed E-state index contributed by atoms with van der Waals surface area (Å²) in [6.07, 6.45) is 3.96. The fraction of sp³-hybridized carbons (Fsp3) is 1.00. The van der Waals surface area contributed by atoms with Crippen LogP contribution >= 0.6 is 11.8 Å². The Hall–Kier alpha value is 0.270. The second kappa shape index (κ2) is 9.23. The Bertz CT molecular complexity index is 187. The van der Waals surface area contributed by atoms with E-state index in [1.54, 1.807) is 0 Å². The predicted molar refractivity (Wildman–Crippen MR) is 79.9 cm³/mol. The van der Waals surface area contributed by atoms with Crippen LogP contribution in [0.25, 0.3) is 0 Å². The lowest BCUT2D eigenvalue weighted by Crippen LogP contribution is -2.42. The van der Waals surface area contributed by atoms with Gasteiger partial charge in [0.15, 0.2) is 0 Å². The number of hydrogen-bond donors (Lipinski definition) is 1. The van der Waals surface area contributed by atoms with Gasteiger partial charge in [0.2, 0.25) is 0 Å². The maximum Gasteiger partial charge on any atom is 0.0220 e. The molecule has 0 saturated carbocycles. The summed E-state index contributed by atoms with van der Waals surface area (Å²) in [6.45, 7) is 12.0. The first-order chi connectivity index (χ1) is 8.27. The van der Waals surface area contributed by atoms with Crippen LogP contribution in [0.2, 0.25) is 0 Å². The van der Waals surface area contributed by atoms with Crippen LogP contribution in [-0.4, -0.2) is 48.6 Å². The van der Waals surface area contributed by atoms with Crippen LogP contribution in [0.4, 0.5) is 0 Å². The van der Waals surface area contributed by atoms with Gasteiger partial charge in [0.25, 0.3) is 0 Å². The second-order valence-corrected chi connectivity index (χ2v) is 6.54. The number of thioether (sulfide) groups is 1. The Morgan fingerprint density at radius 2 is 2.24 bits per heavy atom. The Balaban J connectivity index is 2.27. The molecular formula is C14H30N2S. The average molecular weight is 258 g/mol. The number of nitrogens with zero attached hydrogens (tertiary/aromatic N) is 1. The topological polar surface area (TPSA) is 15.3 Å². The van der Waals surface area contributed by atoms with E-state index in [0.717, 1.165) is 5.92 Å². The molecule has 2 unspecified atom stereocenters. The molecular weight excluding hydrogens is 228 g/mol. The van der Waals surface area contributed by atoms with E-state index < -0.39 is 0 Å².